The van der Waals surface area contributed by atoms with Gasteiger partial charge in [-0.15, -0.1) is 11.3 Å². The van der Waals surface area contributed by atoms with E-state index in [0.717, 1.165) is 28.3 Å². The summed E-state index contributed by atoms with van der Waals surface area (Å²) in [6, 6.07) is 11.3. The van der Waals surface area contributed by atoms with Crippen LogP contribution < -0.4 is 16.0 Å². The Morgan fingerprint density at radius 1 is 1.18 bits per heavy atom. The predicted octanol–water partition coefficient (Wildman–Crippen LogP) is 3.94. The molecule has 1 atom stereocenters. The number of nitrogens with zero attached hydrogens (tertiary/aromatic N) is 4. The van der Waals surface area contributed by atoms with Crippen LogP contribution in [0, 0.1) is 5.82 Å². The Balaban J connectivity index is 1.54. The van der Waals surface area contributed by atoms with E-state index in [1.807, 2.05) is 37.6 Å². The molecule has 3 N–H and O–H groups in total. The molecular weight excluding hydrogens is 453 g/mol. The number of halogens is 1. The molecule has 10 heteroatoms. The summed E-state index contributed by atoms with van der Waals surface area (Å²) in [5, 5.41) is 15.9. The maximum atomic E-state index is 13.4. The molecule has 0 aliphatic heterocycles. The van der Waals surface area contributed by atoms with Crippen LogP contribution in [0.25, 0.3) is 11.3 Å². The lowest BCUT2D eigenvalue weighted by Crippen LogP contribution is -2.42. The number of aromatic nitrogens is 4. The van der Waals surface area contributed by atoms with Crippen molar-refractivity contribution in [2.45, 2.75) is 32.5 Å². The molecule has 4 rings (SSSR count). The normalized spacial score (nSPS) is 11.9. The number of hydrogen-bond acceptors (Lipinski definition) is 7. The largest absolute Gasteiger partial charge is 0.373 e. The number of anilines is 2. The Kier molecular flexibility index (Phi) is 7.61. The van der Waals surface area contributed by atoms with Crippen LogP contribution >= 0.6 is 11.3 Å². The van der Waals surface area contributed by atoms with Gasteiger partial charge in [0.1, 0.15) is 17.5 Å². The van der Waals surface area contributed by atoms with Crippen LogP contribution in [0.4, 0.5) is 16.0 Å². The second-order valence-electron chi connectivity index (χ2n) is 7.64. The molecule has 1 amide bonds. The molecule has 176 valence electrons. The third kappa shape index (κ3) is 5.83. The highest BCUT2D eigenvalue weighted by molar-refractivity contribution is 7.07. The van der Waals surface area contributed by atoms with Crippen LogP contribution in [-0.2, 0) is 24.3 Å². The number of carbonyl (C=O) groups is 1. The minimum atomic E-state index is -0.548. The highest BCUT2D eigenvalue weighted by Gasteiger charge is 2.21. The second kappa shape index (κ2) is 11.0. The van der Waals surface area contributed by atoms with Crippen molar-refractivity contribution in [2.24, 2.45) is 0 Å². The Hall–Kier alpha value is -3.63. The molecule has 34 heavy (non-hydrogen) atoms. The van der Waals surface area contributed by atoms with E-state index in [1.165, 1.54) is 23.5 Å². The summed E-state index contributed by atoms with van der Waals surface area (Å²) in [4.78, 5) is 21.8. The summed E-state index contributed by atoms with van der Waals surface area (Å²) in [5.41, 5.74) is 5.11. The number of nitrogens with one attached hydrogen (secondary N) is 3. The number of aryl methyl sites for hydroxylation is 1. The van der Waals surface area contributed by atoms with Crippen LogP contribution in [0.2, 0.25) is 0 Å². The van der Waals surface area contributed by atoms with Crippen molar-refractivity contribution in [1.82, 2.24) is 25.1 Å². The monoisotopic (exact) mass is 479 g/mol. The molecule has 0 saturated heterocycles. The summed E-state index contributed by atoms with van der Waals surface area (Å²) in [5.74, 6) is 0.827. The van der Waals surface area contributed by atoms with E-state index in [9.17, 15) is 9.18 Å². The second-order valence-corrected chi connectivity index (χ2v) is 8.36. The predicted molar refractivity (Wildman–Crippen MR) is 132 cm³/mol. The lowest BCUT2D eigenvalue weighted by atomic mass is 10.0. The van der Waals surface area contributed by atoms with Crippen LogP contribution in [0.15, 0.2) is 59.6 Å². The standard InChI is InChI=1S/C24H26FN7OS/c1-3-32-23(12-20(31-32)17-8-9-27-22(11-17)26-2)30-24(33)21(28-13-19-14-34-15-29-19)10-16-4-6-18(25)7-5-16/h4-9,11-12,14-15,21,28H,3,10,13H2,1-2H3,(H,26,27)(H,30,33). The first-order valence-corrected chi connectivity index (χ1v) is 11.9. The van der Waals surface area contributed by atoms with E-state index < -0.39 is 6.04 Å². The van der Waals surface area contributed by atoms with Gasteiger partial charge >= 0.3 is 0 Å². The minimum absolute atomic E-state index is 0.202. The molecule has 4 aromatic rings. The van der Waals surface area contributed by atoms with Crippen molar-refractivity contribution >= 4 is 28.9 Å². The SMILES string of the molecule is CCn1nc(-c2ccnc(NC)c2)cc1NC(=O)C(Cc1ccc(F)cc1)NCc1cscn1. The molecule has 0 aliphatic rings. The van der Waals surface area contributed by atoms with E-state index in [-0.39, 0.29) is 11.7 Å². The van der Waals surface area contributed by atoms with Gasteiger partial charge < -0.3 is 10.6 Å². The summed E-state index contributed by atoms with van der Waals surface area (Å²) < 4.78 is 15.1. The molecule has 0 radical (unpaired) electrons. The molecule has 0 fully saturated rings. The van der Waals surface area contributed by atoms with Crippen LogP contribution in [0.5, 0.6) is 0 Å². The molecule has 3 heterocycles. The quantitative estimate of drug-likeness (QED) is 0.319. The fraction of sp³-hybridized carbons (Fsp3) is 0.250. The first kappa shape index (κ1) is 23.5. The highest BCUT2D eigenvalue weighted by atomic mass is 32.1. The first-order chi connectivity index (χ1) is 16.6. The van der Waals surface area contributed by atoms with Crippen molar-refractivity contribution in [2.75, 3.05) is 17.7 Å². The molecule has 1 unspecified atom stereocenters. The van der Waals surface area contributed by atoms with Crippen molar-refractivity contribution < 1.29 is 9.18 Å². The number of carbonyl (C=O) groups excluding carboxylic acids is 1. The Bertz CT molecular complexity index is 1220. The van der Waals surface area contributed by atoms with Crippen molar-refractivity contribution in [3.05, 3.63) is 76.6 Å². The average Bonchev–Trinajstić information content (AvgIpc) is 3.53. The number of thiazole rings is 1. The van der Waals surface area contributed by atoms with Gasteiger partial charge in [-0.25, -0.2) is 19.0 Å². The van der Waals surface area contributed by atoms with Crippen molar-refractivity contribution in [3.63, 3.8) is 0 Å². The topological polar surface area (TPSA) is 96.8 Å². The van der Waals surface area contributed by atoms with Gasteiger partial charge in [0.25, 0.3) is 0 Å². The van der Waals surface area contributed by atoms with E-state index in [0.29, 0.717) is 25.3 Å². The van der Waals surface area contributed by atoms with Crippen molar-refractivity contribution in [1.29, 1.82) is 0 Å². The van der Waals surface area contributed by atoms with E-state index in [2.05, 4.69) is 31.0 Å². The fourth-order valence-corrected chi connectivity index (χ4v) is 4.06. The maximum Gasteiger partial charge on any atom is 0.243 e. The fourth-order valence-electron chi connectivity index (χ4n) is 3.51. The molecule has 0 bridgehead atoms. The van der Waals surface area contributed by atoms with Gasteiger partial charge in [-0.05, 0) is 43.2 Å². The van der Waals surface area contributed by atoms with Gasteiger partial charge in [-0.3, -0.25) is 10.1 Å². The number of benzene rings is 1. The van der Waals surface area contributed by atoms with Crippen LogP contribution in [-0.4, -0.2) is 38.7 Å². The molecular formula is C24H26FN7OS. The summed E-state index contributed by atoms with van der Waals surface area (Å²) >= 11 is 1.50. The highest BCUT2D eigenvalue weighted by Crippen LogP contribution is 2.24. The van der Waals surface area contributed by atoms with E-state index in [1.54, 1.807) is 28.5 Å². The molecule has 3 aromatic heterocycles. The number of rotatable bonds is 10. The Morgan fingerprint density at radius 2 is 2.00 bits per heavy atom. The first-order valence-electron chi connectivity index (χ1n) is 10.9. The van der Waals surface area contributed by atoms with Gasteiger partial charge in [0.15, 0.2) is 0 Å². The average molecular weight is 480 g/mol. The van der Waals surface area contributed by atoms with E-state index in [4.69, 9.17) is 0 Å². The Labute approximate surface area is 201 Å². The zero-order valence-electron chi connectivity index (χ0n) is 19.0. The van der Waals surface area contributed by atoms with Gasteiger partial charge in [0, 0.05) is 43.3 Å². The lowest BCUT2D eigenvalue weighted by molar-refractivity contribution is -0.118. The minimum Gasteiger partial charge on any atom is -0.373 e. The van der Waals surface area contributed by atoms with Gasteiger partial charge in [-0.1, -0.05) is 12.1 Å². The van der Waals surface area contributed by atoms with Gasteiger partial charge in [-0.2, -0.15) is 5.10 Å². The number of amides is 1. The summed E-state index contributed by atoms with van der Waals surface area (Å²) in [6.45, 7) is 3.01. The third-order valence-electron chi connectivity index (χ3n) is 5.33. The summed E-state index contributed by atoms with van der Waals surface area (Å²) in [6.07, 6.45) is 2.12. The van der Waals surface area contributed by atoms with E-state index >= 15 is 0 Å². The third-order valence-corrected chi connectivity index (χ3v) is 5.96. The number of pyridine rings is 1. The van der Waals surface area contributed by atoms with Gasteiger partial charge in [0.05, 0.1) is 22.9 Å². The van der Waals surface area contributed by atoms with Crippen LogP contribution in [0.3, 0.4) is 0 Å². The summed E-state index contributed by atoms with van der Waals surface area (Å²) in [7, 11) is 1.81. The maximum absolute atomic E-state index is 13.4. The number of hydrogen-bond donors (Lipinski definition) is 3. The lowest BCUT2D eigenvalue weighted by Gasteiger charge is -2.18. The Morgan fingerprint density at radius 3 is 2.71 bits per heavy atom. The van der Waals surface area contributed by atoms with Crippen molar-refractivity contribution in [3.8, 4) is 11.3 Å². The molecule has 0 saturated carbocycles. The molecule has 1 aromatic carbocycles. The molecule has 0 aliphatic carbocycles. The van der Waals surface area contributed by atoms with Crippen LogP contribution in [0.1, 0.15) is 18.2 Å². The smallest absolute Gasteiger partial charge is 0.243 e. The zero-order chi connectivity index (χ0) is 23.9. The van der Waals surface area contributed by atoms with Gasteiger partial charge in [0.2, 0.25) is 5.91 Å². The molecule has 0 spiro atoms. The molecule has 8 nitrogen and oxygen atoms in total. The zero-order valence-corrected chi connectivity index (χ0v) is 19.8.